The van der Waals surface area contributed by atoms with Crippen LogP contribution < -0.4 is 15.0 Å². The minimum absolute atomic E-state index is 0.0334. The summed E-state index contributed by atoms with van der Waals surface area (Å²) in [6.45, 7) is 3.85. The van der Waals surface area contributed by atoms with E-state index in [2.05, 4.69) is 5.32 Å². The molecule has 2 aromatic carbocycles. The van der Waals surface area contributed by atoms with Gasteiger partial charge < -0.3 is 15.0 Å². The molecule has 5 heteroatoms. The summed E-state index contributed by atoms with van der Waals surface area (Å²) in [6, 6.07) is 15.0. The summed E-state index contributed by atoms with van der Waals surface area (Å²) < 4.78 is 5.17. The van der Waals surface area contributed by atoms with Crippen molar-refractivity contribution in [1.29, 1.82) is 0 Å². The lowest BCUT2D eigenvalue weighted by Gasteiger charge is -2.21. The fraction of sp³-hybridized carbons (Fsp3) is 0.263. The summed E-state index contributed by atoms with van der Waals surface area (Å²) in [4.78, 5) is 25.5. The van der Waals surface area contributed by atoms with Gasteiger partial charge in [-0.15, -0.1) is 0 Å². The van der Waals surface area contributed by atoms with E-state index in [0.29, 0.717) is 18.0 Å². The van der Waals surface area contributed by atoms with Gasteiger partial charge in [0.15, 0.2) is 0 Å². The number of carbonyl (C=O) groups is 2. The lowest BCUT2D eigenvalue weighted by molar-refractivity contribution is -0.123. The Kier molecular flexibility index (Phi) is 5.95. The molecule has 0 aromatic heterocycles. The Morgan fingerprint density at radius 1 is 1.12 bits per heavy atom. The molecule has 0 saturated carbocycles. The highest BCUT2D eigenvalue weighted by molar-refractivity contribution is 5.97. The van der Waals surface area contributed by atoms with Crippen LogP contribution >= 0.6 is 0 Å². The molecule has 0 atom stereocenters. The lowest BCUT2D eigenvalue weighted by Crippen LogP contribution is -2.39. The van der Waals surface area contributed by atoms with Crippen molar-refractivity contribution in [2.45, 2.75) is 20.4 Å². The van der Waals surface area contributed by atoms with E-state index >= 15 is 0 Å². The number of aryl methyl sites for hydroxylation is 1. The van der Waals surface area contributed by atoms with Crippen LogP contribution in [0.25, 0.3) is 0 Å². The zero-order valence-electron chi connectivity index (χ0n) is 14.2. The third-order valence-corrected chi connectivity index (χ3v) is 3.66. The molecular weight excluding hydrogens is 304 g/mol. The summed E-state index contributed by atoms with van der Waals surface area (Å²) in [5.74, 6) is 0.223. The van der Waals surface area contributed by atoms with Gasteiger partial charge in [-0.3, -0.25) is 9.59 Å². The van der Waals surface area contributed by atoms with Gasteiger partial charge in [0.05, 0.1) is 7.11 Å². The second kappa shape index (κ2) is 8.15. The predicted octanol–water partition coefficient (Wildman–Crippen LogP) is 2.67. The first-order valence-corrected chi connectivity index (χ1v) is 7.74. The number of hydrogen-bond donors (Lipinski definition) is 1. The van der Waals surface area contributed by atoms with Crippen LogP contribution in [-0.4, -0.2) is 25.5 Å². The minimum atomic E-state index is -0.214. The average Bonchev–Trinajstić information content (AvgIpc) is 2.59. The van der Waals surface area contributed by atoms with Gasteiger partial charge in [-0.1, -0.05) is 35.9 Å². The third-order valence-electron chi connectivity index (χ3n) is 3.66. The number of ether oxygens (including phenoxy) is 1. The zero-order valence-corrected chi connectivity index (χ0v) is 14.2. The maximum atomic E-state index is 12.2. The van der Waals surface area contributed by atoms with E-state index in [1.165, 1.54) is 17.4 Å². The molecule has 0 aliphatic heterocycles. The van der Waals surface area contributed by atoms with Gasteiger partial charge in [0, 0.05) is 25.2 Å². The van der Waals surface area contributed by atoms with Crippen LogP contribution in [0, 0.1) is 6.92 Å². The van der Waals surface area contributed by atoms with E-state index in [0.717, 1.165) is 5.56 Å². The van der Waals surface area contributed by atoms with Crippen molar-refractivity contribution in [1.82, 2.24) is 5.32 Å². The van der Waals surface area contributed by atoms with Crippen LogP contribution in [0.1, 0.15) is 18.1 Å². The number of carbonyl (C=O) groups excluding carboxylic acids is 2. The normalized spacial score (nSPS) is 10.1. The summed E-state index contributed by atoms with van der Waals surface area (Å²) in [5.41, 5.74) is 2.82. The molecular formula is C19H22N2O3. The molecule has 0 spiro atoms. The Morgan fingerprint density at radius 3 is 2.46 bits per heavy atom. The summed E-state index contributed by atoms with van der Waals surface area (Å²) >= 11 is 0. The average molecular weight is 326 g/mol. The van der Waals surface area contributed by atoms with E-state index in [1.807, 2.05) is 31.2 Å². The molecule has 0 radical (unpaired) electrons. The molecule has 2 amide bonds. The largest absolute Gasteiger partial charge is 0.497 e. The standard InChI is InChI=1S/C19H22N2O3/c1-14-7-9-16(10-8-14)12-20-19(23)13-21(15(2)22)17-5-4-6-18(11-17)24-3/h4-11H,12-13H2,1-3H3,(H,20,23). The van der Waals surface area contributed by atoms with Crippen molar-refractivity contribution in [3.05, 3.63) is 59.7 Å². The highest BCUT2D eigenvalue weighted by atomic mass is 16.5. The Balaban J connectivity index is 2.00. The van der Waals surface area contributed by atoms with Gasteiger partial charge in [-0.05, 0) is 24.6 Å². The lowest BCUT2D eigenvalue weighted by atomic mass is 10.1. The van der Waals surface area contributed by atoms with E-state index in [1.54, 1.807) is 31.4 Å². The van der Waals surface area contributed by atoms with Crippen molar-refractivity contribution in [2.75, 3.05) is 18.6 Å². The van der Waals surface area contributed by atoms with Crippen LogP contribution in [0.3, 0.4) is 0 Å². The number of rotatable bonds is 6. The maximum absolute atomic E-state index is 12.2. The Hall–Kier alpha value is -2.82. The van der Waals surface area contributed by atoms with Gasteiger partial charge in [-0.2, -0.15) is 0 Å². The minimum Gasteiger partial charge on any atom is -0.497 e. The molecule has 1 N–H and O–H groups in total. The van der Waals surface area contributed by atoms with Gasteiger partial charge in [0.2, 0.25) is 11.8 Å². The molecule has 5 nitrogen and oxygen atoms in total. The van der Waals surface area contributed by atoms with Crippen LogP contribution in [0.4, 0.5) is 5.69 Å². The van der Waals surface area contributed by atoms with Gasteiger partial charge >= 0.3 is 0 Å². The number of amides is 2. The Labute approximate surface area is 142 Å². The highest BCUT2D eigenvalue weighted by Crippen LogP contribution is 2.21. The number of hydrogen-bond acceptors (Lipinski definition) is 3. The molecule has 126 valence electrons. The van der Waals surface area contributed by atoms with Crippen molar-refractivity contribution in [2.24, 2.45) is 0 Å². The fourth-order valence-electron chi connectivity index (χ4n) is 2.27. The van der Waals surface area contributed by atoms with Crippen LogP contribution in [0.2, 0.25) is 0 Å². The first-order valence-electron chi connectivity index (χ1n) is 7.74. The molecule has 2 rings (SSSR count). The van der Waals surface area contributed by atoms with E-state index in [4.69, 9.17) is 4.74 Å². The molecule has 0 aliphatic carbocycles. The number of methoxy groups -OCH3 is 1. The SMILES string of the molecule is COc1cccc(N(CC(=O)NCc2ccc(C)cc2)C(C)=O)c1. The molecule has 0 fully saturated rings. The smallest absolute Gasteiger partial charge is 0.240 e. The molecule has 0 bridgehead atoms. The van der Waals surface area contributed by atoms with E-state index in [-0.39, 0.29) is 18.4 Å². The maximum Gasteiger partial charge on any atom is 0.240 e. The fourth-order valence-corrected chi connectivity index (χ4v) is 2.27. The molecule has 0 saturated heterocycles. The predicted molar refractivity (Wildman–Crippen MR) is 94.0 cm³/mol. The number of nitrogens with zero attached hydrogens (tertiary/aromatic N) is 1. The highest BCUT2D eigenvalue weighted by Gasteiger charge is 2.16. The second-order valence-electron chi connectivity index (χ2n) is 5.57. The third kappa shape index (κ3) is 4.84. The van der Waals surface area contributed by atoms with Crippen molar-refractivity contribution in [3.8, 4) is 5.75 Å². The molecule has 2 aromatic rings. The summed E-state index contributed by atoms with van der Waals surface area (Å²) in [5, 5.41) is 2.84. The van der Waals surface area contributed by atoms with Gasteiger partial charge in [0.25, 0.3) is 0 Å². The summed E-state index contributed by atoms with van der Waals surface area (Å²) in [7, 11) is 1.56. The topological polar surface area (TPSA) is 58.6 Å². The Bertz CT molecular complexity index is 711. The molecule has 0 unspecified atom stereocenters. The molecule has 0 aliphatic rings. The quantitative estimate of drug-likeness (QED) is 0.888. The number of benzene rings is 2. The zero-order chi connectivity index (χ0) is 17.5. The number of anilines is 1. The molecule has 24 heavy (non-hydrogen) atoms. The second-order valence-corrected chi connectivity index (χ2v) is 5.57. The van der Waals surface area contributed by atoms with Gasteiger partial charge in [0.1, 0.15) is 12.3 Å². The summed E-state index contributed by atoms with van der Waals surface area (Å²) in [6.07, 6.45) is 0. The first-order chi connectivity index (χ1) is 11.5. The van der Waals surface area contributed by atoms with Crippen molar-refractivity contribution >= 4 is 17.5 Å². The van der Waals surface area contributed by atoms with Crippen LogP contribution in [0.5, 0.6) is 5.75 Å². The van der Waals surface area contributed by atoms with E-state index < -0.39 is 0 Å². The Morgan fingerprint density at radius 2 is 1.83 bits per heavy atom. The van der Waals surface area contributed by atoms with Crippen molar-refractivity contribution < 1.29 is 14.3 Å². The first kappa shape index (κ1) is 17.5. The van der Waals surface area contributed by atoms with E-state index in [9.17, 15) is 9.59 Å². The number of nitrogens with one attached hydrogen (secondary N) is 1. The van der Waals surface area contributed by atoms with Crippen LogP contribution in [0.15, 0.2) is 48.5 Å². The van der Waals surface area contributed by atoms with Gasteiger partial charge in [-0.25, -0.2) is 0 Å². The molecule has 0 heterocycles. The monoisotopic (exact) mass is 326 g/mol. The van der Waals surface area contributed by atoms with Crippen LogP contribution in [-0.2, 0) is 16.1 Å². The van der Waals surface area contributed by atoms with Crippen molar-refractivity contribution in [3.63, 3.8) is 0 Å².